The Bertz CT molecular complexity index is 482. The Morgan fingerprint density at radius 1 is 1.50 bits per heavy atom. The number of nitrogens with zero attached hydrogens (tertiary/aromatic N) is 3. The molecule has 1 fully saturated rings. The van der Waals surface area contributed by atoms with Gasteiger partial charge in [-0.3, -0.25) is 4.68 Å². The fourth-order valence-corrected chi connectivity index (χ4v) is 1.92. The van der Waals surface area contributed by atoms with E-state index in [0.717, 1.165) is 23.9 Å². The van der Waals surface area contributed by atoms with Crippen molar-refractivity contribution < 1.29 is 4.42 Å². The minimum atomic E-state index is 0.544. The maximum absolute atomic E-state index is 5.74. The summed E-state index contributed by atoms with van der Waals surface area (Å²) in [5.74, 6) is 2.21. The maximum atomic E-state index is 5.74. The van der Waals surface area contributed by atoms with Crippen LogP contribution in [0.25, 0.3) is 11.5 Å². The molecule has 4 heteroatoms. The van der Waals surface area contributed by atoms with Crippen LogP contribution in [0.2, 0.25) is 0 Å². The van der Waals surface area contributed by atoms with Crippen molar-refractivity contribution in [1.29, 1.82) is 0 Å². The summed E-state index contributed by atoms with van der Waals surface area (Å²) in [5, 5.41) is 4.40. The van der Waals surface area contributed by atoms with Crippen LogP contribution in [0, 0.1) is 0 Å². The Morgan fingerprint density at radius 2 is 2.38 bits per heavy atom. The van der Waals surface area contributed by atoms with E-state index in [-0.39, 0.29) is 0 Å². The summed E-state index contributed by atoms with van der Waals surface area (Å²) < 4.78 is 7.63. The van der Waals surface area contributed by atoms with Gasteiger partial charge in [0.1, 0.15) is 5.69 Å². The average molecular weight is 217 g/mol. The lowest BCUT2D eigenvalue weighted by molar-refractivity contribution is 0.338. The highest BCUT2D eigenvalue weighted by atomic mass is 16.4. The van der Waals surface area contributed by atoms with Gasteiger partial charge in [0.25, 0.3) is 0 Å². The molecule has 0 saturated heterocycles. The quantitative estimate of drug-likeness (QED) is 0.794. The second kappa shape index (κ2) is 3.77. The third-order valence-electron chi connectivity index (χ3n) is 3.20. The van der Waals surface area contributed by atoms with Gasteiger partial charge in [0, 0.05) is 18.7 Å². The Morgan fingerprint density at radius 3 is 3.00 bits per heavy atom. The predicted octanol–water partition coefficient (Wildman–Crippen LogP) is 2.83. The van der Waals surface area contributed by atoms with Gasteiger partial charge in [-0.2, -0.15) is 5.10 Å². The molecule has 0 atom stereocenters. The summed E-state index contributed by atoms with van der Waals surface area (Å²) in [4.78, 5) is 4.33. The first-order valence-corrected chi connectivity index (χ1v) is 5.86. The summed E-state index contributed by atoms with van der Waals surface area (Å²) in [6, 6.07) is 1.97. The third kappa shape index (κ3) is 1.54. The van der Waals surface area contributed by atoms with Crippen molar-refractivity contribution in [1.82, 2.24) is 14.8 Å². The molecule has 2 heterocycles. The van der Waals surface area contributed by atoms with E-state index < -0.39 is 0 Å². The second-order valence-corrected chi connectivity index (χ2v) is 4.25. The van der Waals surface area contributed by atoms with Crippen LogP contribution in [-0.4, -0.2) is 14.8 Å². The molecule has 0 radical (unpaired) electrons. The Balaban J connectivity index is 1.85. The van der Waals surface area contributed by atoms with Crippen LogP contribution in [0.4, 0.5) is 0 Å². The molecule has 2 aromatic rings. The molecule has 0 unspecified atom stereocenters. The average Bonchev–Trinajstić information content (AvgIpc) is 2.81. The predicted molar refractivity (Wildman–Crippen MR) is 60.0 cm³/mol. The summed E-state index contributed by atoms with van der Waals surface area (Å²) >= 11 is 0. The molecule has 2 aromatic heterocycles. The van der Waals surface area contributed by atoms with Gasteiger partial charge in [0.05, 0.1) is 6.20 Å². The van der Waals surface area contributed by atoms with Gasteiger partial charge in [-0.15, -0.1) is 0 Å². The molecule has 3 rings (SSSR count). The van der Waals surface area contributed by atoms with Gasteiger partial charge in [-0.05, 0) is 25.8 Å². The monoisotopic (exact) mass is 217 g/mol. The van der Waals surface area contributed by atoms with Crippen molar-refractivity contribution in [2.75, 3.05) is 0 Å². The van der Waals surface area contributed by atoms with Crippen LogP contribution >= 0.6 is 0 Å². The molecule has 0 aromatic carbocycles. The molecule has 1 aliphatic rings. The van der Waals surface area contributed by atoms with E-state index in [1.807, 2.05) is 16.9 Å². The van der Waals surface area contributed by atoms with Crippen LogP contribution < -0.4 is 0 Å². The Labute approximate surface area is 94.3 Å². The SMILES string of the molecule is CCn1ccc(-c2cnc(C3CCC3)o2)n1. The Hall–Kier alpha value is -1.58. The van der Waals surface area contributed by atoms with Crippen LogP contribution in [-0.2, 0) is 6.54 Å². The fraction of sp³-hybridized carbons (Fsp3) is 0.500. The van der Waals surface area contributed by atoms with Crippen molar-refractivity contribution >= 4 is 0 Å². The van der Waals surface area contributed by atoms with Crippen molar-refractivity contribution in [3.63, 3.8) is 0 Å². The van der Waals surface area contributed by atoms with E-state index in [4.69, 9.17) is 4.42 Å². The number of oxazole rings is 1. The second-order valence-electron chi connectivity index (χ2n) is 4.25. The first kappa shape index (κ1) is 9.63. The molecule has 1 saturated carbocycles. The standard InChI is InChI=1S/C12H15N3O/c1-2-15-7-6-10(14-15)11-8-13-12(16-11)9-4-3-5-9/h6-9H,2-5H2,1H3. The van der Waals surface area contributed by atoms with Gasteiger partial charge in [-0.25, -0.2) is 4.98 Å². The first-order valence-electron chi connectivity index (χ1n) is 5.86. The third-order valence-corrected chi connectivity index (χ3v) is 3.20. The molecule has 1 aliphatic carbocycles. The van der Waals surface area contributed by atoms with Gasteiger partial charge in [0.15, 0.2) is 11.7 Å². The number of aryl methyl sites for hydroxylation is 1. The highest BCUT2D eigenvalue weighted by Gasteiger charge is 2.24. The largest absolute Gasteiger partial charge is 0.439 e. The molecule has 0 amide bonds. The molecule has 84 valence electrons. The van der Waals surface area contributed by atoms with Crippen LogP contribution in [0.1, 0.15) is 38.0 Å². The van der Waals surface area contributed by atoms with Crippen molar-refractivity contribution in [2.24, 2.45) is 0 Å². The van der Waals surface area contributed by atoms with Crippen molar-refractivity contribution in [2.45, 2.75) is 38.6 Å². The molecule has 16 heavy (non-hydrogen) atoms. The lowest BCUT2D eigenvalue weighted by Crippen LogP contribution is -2.08. The molecular weight excluding hydrogens is 202 g/mol. The van der Waals surface area contributed by atoms with Gasteiger partial charge in [-0.1, -0.05) is 6.42 Å². The van der Waals surface area contributed by atoms with E-state index in [2.05, 4.69) is 17.0 Å². The normalized spacial score (nSPS) is 16.3. The van der Waals surface area contributed by atoms with Crippen molar-refractivity contribution in [3.05, 3.63) is 24.4 Å². The number of rotatable bonds is 3. The lowest BCUT2D eigenvalue weighted by atomic mass is 9.85. The number of hydrogen-bond donors (Lipinski definition) is 0. The van der Waals surface area contributed by atoms with Gasteiger partial charge in [0.2, 0.25) is 0 Å². The maximum Gasteiger partial charge on any atom is 0.198 e. The molecular formula is C12H15N3O. The van der Waals surface area contributed by atoms with E-state index in [1.54, 1.807) is 6.20 Å². The van der Waals surface area contributed by atoms with Crippen molar-refractivity contribution in [3.8, 4) is 11.5 Å². The summed E-state index contributed by atoms with van der Waals surface area (Å²) in [6.45, 7) is 2.95. The molecule has 0 aliphatic heterocycles. The van der Waals surface area contributed by atoms with E-state index >= 15 is 0 Å². The summed E-state index contributed by atoms with van der Waals surface area (Å²) in [6.07, 6.45) is 7.47. The molecule has 0 spiro atoms. The van der Waals surface area contributed by atoms with E-state index in [0.29, 0.717) is 5.92 Å². The fourth-order valence-electron chi connectivity index (χ4n) is 1.92. The zero-order valence-corrected chi connectivity index (χ0v) is 9.39. The highest BCUT2D eigenvalue weighted by molar-refractivity contribution is 5.49. The van der Waals surface area contributed by atoms with Crippen LogP contribution in [0.3, 0.4) is 0 Å². The molecule has 0 bridgehead atoms. The smallest absolute Gasteiger partial charge is 0.198 e. The summed E-state index contributed by atoms with van der Waals surface area (Å²) in [5.41, 5.74) is 0.875. The minimum absolute atomic E-state index is 0.544. The lowest BCUT2D eigenvalue weighted by Gasteiger charge is -2.21. The highest BCUT2D eigenvalue weighted by Crippen LogP contribution is 2.36. The van der Waals surface area contributed by atoms with Gasteiger partial charge >= 0.3 is 0 Å². The number of hydrogen-bond acceptors (Lipinski definition) is 3. The summed E-state index contributed by atoms with van der Waals surface area (Å²) in [7, 11) is 0. The van der Waals surface area contributed by atoms with Crippen LogP contribution in [0.5, 0.6) is 0 Å². The zero-order valence-electron chi connectivity index (χ0n) is 9.39. The minimum Gasteiger partial charge on any atom is -0.439 e. The van der Waals surface area contributed by atoms with E-state index in [9.17, 15) is 0 Å². The Kier molecular flexibility index (Phi) is 2.27. The topological polar surface area (TPSA) is 43.9 Å². The molecule has 0 N–H and O–H groups in total. The zero-order chi connectivity index (χ0) is 11.0. The van der Waals surface area contributed by atoms with E-state index in [1.165, 1.54) is 19.3 Å². The molecule has 4 nitrogen and oxygen atoms in total. The van der Waals surface area contributed by atoms with Crippen LogP contribution in [0.15, 0.2) is 22.9 Å². The first-order chi connectivity index (χ1) is 7.86. The number of aromatic nitrogens is 3. The van der Waals surface area contributed by atoms with Gasteiger partial charge < -0.3 is 4.42 Å².